The molecule has 0 atom stereocenters. The number of aliphatic carboxylic acids is 1. The second-order valence-electron chi connectivity index (χ2n) is 4.86. The Hall–Kier alpha value is -2.29. The van der Waals surface area contributed by atoms with Gasteiger partial charge in [-0.2, -0.15) is 4.68 Å². The van der Waals surface area contributed by atoms with Gasteiger partial charge < -0.3 is 10.0 Å². The smallest absolute Gasteiger partial charge is 0.323 e. The van der Waals surface area contributed by atoms with E-state index >= 15 is 0 Å². The van der Waals surface area contributed by atoms with Crippen molar-refractivity contribution >= 4 is 23.2 Å². The monoisotopic (exact) mass is 309 g/mol. The Kier molecular flexibility index (Phi) is 4.63. The first-order valence-corrected chi connectivity index (χ1v) is 7.19. The first-order chi connectivity index (χ1) is 9.99. The van der Waals surface area contributed by atoms with Gasteiger partial charge in [0.25, 0.3) is 5.91 Å². The number of nitrogens with zero attached hydrogens (tertiary/aromatic N) is 5. The molecule has 0 aliphatic carbocycles. The molecule has 0 bridgehead atoms. The zero-order valence-corrected chi connectivity index (χ0v) is 12.4. The normalized spacial score (nSPS) is 10.8. The van der Waals surface area contributed by atoms with Crippen LogP contribution in [0.5, 0.6) is 0 Å². The first-order valence-electron chi connectivity index (χ1n) is 6.31. The Morgan fingerprint density at radius 3 is 2.81 bits per heavy atom. The molecule has 0 aliphatic heterocycles. The van der Waals surface area contributed by atoms with Crippen LogP contribution < -0.4 is 0 Å². The zero-order chi connectivity index (χ0) is 15.4. The lowest BCUT2D eigenvalue weighted by Crippen LogP contribution is -2.38. The minimum atomic E-state index is -1.04. The van der Waals surface area contributed by atoms with Crippen LogP contribution in [-0.4, -0.2) is 55.2 Å². The molecule has 0 aromatic carbocycles. The summed E-state index contributed by atoms with van der Waals surface area (Å²) in [6.07, 6.45) is 1.39. The van der Waals surface area contributed by atoms with E-state index in [4.69, 9.17) is 5.11 Å². The fourth-order valence-corrected chi connectivity index (χ4v) is 2.73. The number of hydrogen-bond acceptors (Lipinski definition) is 6. The number of carbonyl (C=O) groups is 2. The van der Waals surface area contributed by atoms with Gasteiger partial charge >= 0.3 is 5.97 Å². The second-order valence-corrected chi connectivity index (χ2v) is 5.78. The predicted molar refractivity (Wildman–Crippen MR) is 75.4 cm³/mol. The molecule has 0 saturated heterocycles. The Balaban J connectivity index is 2.29. The Morgan fingerprint density at radius 2 is 2.24 bits per heavy atom. The maximum Gasteiger partial charge on any atom is 0.323 e. The summed E-state index contributed by atoms with van der Waals surface area (Å²) in [6, 6.07) is 1.72. The summed E-state index contributed by atoms with van der Waals surface area (Å²) >= 11 is 1.24. The van der Waals surface area contributed by atoms with Crippen LogP contribution in [0.1, 0.15) is 23.5 Å². The van der Waals surface area contributed by atoms with Gasteiger partial charge in [-0.25, -0.2) is 0 Å². The molecular weight excluding hydrogens is 294 g/mol. The SMILES string of the molecule is CC(C)CN(CC(=O)O)C(=O)c1sccc1-n1cnnn1. The van der Waals surface area contributed by atoms with Crippen LogP contribution in [0.4, 0.5) is 0 Å². The zero-order valence-electron chi connectivity index (χ0n) is 11.6. The third kappa shape index (κ3) is 3.63. The molecule has 0 unspecified atom stereocenters. The highest BCUT2D eigenvalue weighted by atomic mass is 32.1. The molecular formula is C12H15N5O3S. The van der Waals surface area contributed by atoms with Gasteiger partial charge in [-0.15, -0.1) is 16.4 Å². The molecule has 1 N–H and O–H groups in total. The number of hydrogen-bond donors (Lipinski definition) is 1. The lowest BCUT2D eigenvalue weighted by Gasteiger charge is -2.22. The van der Waals surface area contributed by atoms with Crippen LogP contribution in [0.2, 0.25) is 0 Å². The van der Waals surface area contributed by atoms with Crippen molar-refractivity contribution in [1.29, 1.82) is 0 Å². The van der Waals surface area contributed by atoms with Crippen molar-refractivity contribution in [3.8, 4) is 5.69 Å². The van der Waals surface area contributed by atoms with E-state index in [9.17, 15) is 9.59 Å². The molecule has 0 fully saturated rings. The van der Waals surface area contributed by atoms with Crippen LogP contribution in [0, 0.1) is 5.92 Å². The topological polar surface area (TPSA) is 101 Å². The van der Waals surface area contributed by atoms with E-state index in [1.54, 1.807) is 11.4 Å². The second kappa shape index (κ2) is 6.44. The molecule has 9 heteroatoms. The number of carboxylic acids is 1. The Labute approximate surface area is 125 Å². The predicted octanol–water partition coefficient (Wildman–Crippen LogP) is 0.907. The minimum Gasteiger partial charge on any atom is -0.480 e. The van der Waals surface area contributed by atoms with Gasteiger partial charge in [0, 0.05) is 6.54 Å². The number of amides is 1. The molecule has 21 heavy (non-hydrogen) atoms. The molecule has 2 rings (SSSR count). The summed E-state index contributed by atoms with van der Waals surface area (Å²) in [6.45, 7) is 3.90. The van der Waals surface area contributed by atoms with Crippen molar-refractivity contribution in [1.82, 2.24) is 25.1 Å². The molecule has 8 nitrogen and oxygen atoms in total. The molecule has 0 radical (unpaired) electrons. The molecule has 112 valence electrons. The number of thiophene rings is 1. The number of rotatable bonds is 6. The molecule has 0 saturated carbocycles. The maximum absolute atomic E-state index is 12.6. The molecule has 2 heterocycles. The van der Waals surface area contributed by atoms with Gasteiger partial charge in [-0.1, -0.05) is 13.8 Å². The summed E-state index contributed by atoms with van der Waals surface area (Å²) in [5.74, 6) is -1.19. The molecule has 2 aromatic rings. The maximum atomic E-state index is 12.6. The lowest BCUT2D eigenvalue weighted by atomic mass is 10.2. The van der Waals surface area contributed by atoms with Gasteiger partial charge in [-0.05, 0) is 27.8 Å². The van der Waals surface area contributed by atoms with Crippen molar-refractivity contribution in [2.45, 2.75) is 13.8 Å². The number of aromatic nitrogens is 4. The summed E-state index contributed by atoms with van der Waals surface area (Å²) in [7, 11) is 0. The van der Waals surface area contributed by atoms with Gasteiger partial charge in [0.15, 0.2) is 0 Å². The Morgan fingerprint density at radius 1 is 1.48 bits per heavy atom. The number of tetrazole rings is 1. The van der Waals surface area contributed by atoms with E-state index in [0.717, 1.165) is 0 Å². The van der Waals surface area contributed by atoms with Crippen LogP contribution in [-0.2, 0) is 4.79 Å². The molecule has 1 amide bonds. The van der Waals surface area contributed by atoms with Crippen molar-refractivity contribution in [3.63, 3.8) is 0 Å². The van der Waals surface area contributed by atoms with E-state index in [2.05, 4.69) is 15.5 Å². The molecule has 2 aromatic heterocycles. The first kappa shape index (κ1) is 15.1. The quantitative estimate of drug-likeness (QED) is 0.851. The number of carbonyl (C=O) groups excluding carboxylic acids is 1. The molecule has 0 aliphatic rings. The lowest BCUT2D eigenvalue weighted by molar-refractivity contribution is -0.137. The van der Waals surface area contributed by atoms with E-state index in [1.165, 1.54) is 27.2 Å². The average Bonchev–Trinajstić information content (AvgIpc) is 3.06. The van der Waals surface area contributed by atoms with Crippen LogP contribution >= 0.6 is 11.3 Å². The fraction of sp³-hybridized carbons (Fsp3) is 0.417. The van der Waals surface area contributed by atoms with Crippen molar-refractivity contribution < 1.29 is 14.7 Å². The fourth-order valence-electron chi connectivity index (χ4n) is 1.88. The van der Waals surface area contributed by atoms with Crippen molar-refractivity contribution in [3.05, 3.63) is 22.7 Å². The summed E-state index contributed by atoms with van der Waals surface area (Å²) < 4.78 is 1.39. The van der Waals surface area contributed by atoms with Gasteiger partial charge in [0.1, 0.15) is 17.7 Å². The summed E-state index contributed by atoms with van der Waals surface area (Å²) in [4.78, 5) is 25.3. The van der Waals surface area contributed by atoms with Crippen molar-refractivity contribution in [2.24, 2.45) is 5.92 Å². The Bertz CT molecular complexity index is 623. The highest BCUT2D eigenvalue weighted by molar-refractivity contribution is 7.12. The summed E-state index contributed by atoms with van der Waals surface area (Å²) in [5, 5.41) is 21.6. The summed E-state index contributed by atoms with van der Waals surface area (Å²) in [5.41, 5.74) is 0.550. The highest BCUT2D eigenvalue weighted by Crippen LogP contribution is 2.22. The number of carboxylic acid groups (broad SMARTS) is 1. The van der Waals surface area contributed by atoms with Crippen LogP contribution in [0.25, 0.3) is 5.69 Å². The molecule has 0 spiro atoms. The van der Waals surface area contributed by atoms with E-state index in [1.807, 2.05) is 13.8 Å². The van der Waals surface area contributed by atoms with Gasteiger partial charge in [0.2, 0.25) is 0 Å². The van der Waals surface area contributed by atoms with Crippen molar-refractivity contribution in [2.75, 3.05) is 13.1 Å². The van der Waals surface area contributed by atoms with E-state index in [-0.39, 0.29) is 18.4 Å². The van der Waals surface area contributed by atoms with E-state index in [0.29, 0.717) is 17.1 Å². The third-order valence-electron chi connectivity index (χ3n) is 2.63. The van der Waals surface area contributed by atoms with Gasteiger partial charge in [-0.3, -0.25) is 9.59 Å². The average molecular weight is 309 g/mol. The third-order valence-corrected chi connectivity index (χ3v) is 3.53. The largest absolute Gasteiger partial charge is 0.480 e. The minimum absolute atomic E-state index is 0.171. The van der Waals surface area contributed by atoms with Crippen LogP contribution in [0.3, 0.4) is 0 Å². The highest BCUT2D eigenvalue weighted by Gasteiger charge is 2.24. The van der Waals surface area contributed by atoms with Crippen LogP contribution in [0.15, 0.2) is 17.8 Å². The standard InChI is InChI=1S/C12H15N5O3S/c1-8(2)5-16(6-10(18)19)12(20)11-9(3-4-21-11)17-7-13-14-15-17/h3-4,7-8H,5-6H2,1-2H3,(H,18,19). The van der Waals surface area contributed by atoms with E-state index < -0.39 is 5.97 Å². The van der Waals surface area contributed by atoms with Gasteiger partial charge in [0.05, 0.1) is 5.69 Å².